The van der Waals surface area contributed by atoms with Crippen LogP contribution in [0.15, 0.2) is 57.7 Å². The SMILES string of the molecule is NC(=O)c1ccc(-c2nc3ccccc3c(=O)o2)cc1. The van der Waals surface area contributed by atoms with E-state index in [1.165, 1.54) is 0 Å². The molecule has 1 aromatic heterocycles. The first kappa shape index (κ1) is 12.1. The van der Waals surface area contributed by atoms with Crippen molar-refractivity contribution in [1.29, 1.82) is 0 Å². The number of amides is 1. The van der Waals surface area contributed by atoms with Crippen LogP contribution >= 0.6 is 0 Å². The molecule has 5 nitrogen and oxygen atoms in total. The molecule has 5 heteroatoms. The normalized spacial score (nSPS) is 10.6. The largest absolute Gasteiger partial charge is 0.403 e. The Bertz CT molecular complexity index is 851. The van der Waals surface area contributed by atoms with Gasteiger partial charge in [0.25, 0.3) is 0 Å². The van der Waals surface area contributed by atoms with Gasteiger partial charge in [-0.05, 0) is 36.4 Å². The average Bonchev–Trinajstić information content (AvgIpc) is 2.47. The summed E-state index contributed by atoms with van der Waals surface area (Å²) in [6.07, 6.45) is 0. The molecule has 0 fully saturated rings. The van der Waals surface area contributed by atoms with Crippen LogP contribution in [0.2, 0.25) is 0 Å². The third kappa shape index (κ3) is 2.05. The number of hydrogen-bond acceptors (Lipinski definition) is 4. The van der Waals surface area contributed by atoms with Gasteiger partial charge >= 0.3 is 5.63 Å². The van der Waals surface area contributed by atoms with Gasteiger partial charge in [-0.1, -0.05) is 12.1 Å². The van der Waals surface area contributed by atoms with Crippen LogP contribution in [0.5, 0.6) is 0 Å². The predicted molar refractivity (Wildman–Crippen MR) is 74.2 cm³/mol. The van der Waals surface area contributed by atoms with Crippen LogP contribution in [0.3, 0.4) is 0 Å². The Kier molecular flexibility index (Phi) is 2.80. The molecule has 98 valence electrons. The second-order valence-electron chi connectivity index (χ2n) is 4.27. The predicted octanol–water partition coefficient (Wildman–Crippen LogP) is 1.95. The maximum absolute atomic E-state index is 11.9. The monoisotopic (exact) mass is 266 g/mol. The molecule has 0 atom stereocenters. The number of benzene rings is 2. The van der Waals surface area contributed by atoms with E-state index in [4.69, 9.17) is 10.2 Å². The lowest BCUT2D eigenvalue weighted by Crippen LogP contribution is -2.10. The second kappa shape index (κ2) is 4.62. The number of rotatable bonds is 2. The van der Waals surface area contributed by atoms with E-state index in [2.05, 4.69) is 4.98 Å². The van der Waals surface area contributed by atoms with E-state index in [0.29, 0.717) is 22.0 Å². The maximum Gasteiger partial charge on any atom is 0.347 e. The Balaban J connectivity index is 2.14. The molecule has 0 saturated carbocycles. The minimum absolute atomic E-state index is 0.213. The molecule has 1 amide bonds. The molecular weight excluding hydrogens is 256 g/mol. The number of hydrogen-bond donors (Lipinski definition) is 1. The van der Waals surface area contributed by atoms with Crippen LogP contribution in [0, 0.1) is 0 Å². The standard InChI is InChI=1S/C15H10N2O3/c16-13(18)9-5-7-10(8-6-9)14-17-12-4-2-1-3-11(12)15(19)20-14/h1-8H,(H2,16,18). The molecule has 3 aromatic rings. The number of para-hydroxylation sites is 1. The Morgan fingerprint density at radius 3 is 2.45 bits per heavy atom. The molecular formula is C15H10N2O3. The van der Waals surface area contributed by atoms with Crippen molar-refractivity contribution in [3.8, 4) is 11.5 Å². The van der Waals surface area contributed by atoms with Crippen molar-refractivity contribution in [3.63, 3.8) is 0 Å². The highest BCUT2D eigenvalue weighted by Gasteiger charge is 2.08. The summed E-state index contributed by atoms with van der Waals surface area (Å²) in [7, 11) is 0. The molecule has 2 N–H and O–H groups in total. The van der Waals surface area contributed by atoms with Crippen molar-refractivity contribution < 1.29 is 9.21 Å². The Hall–Kier alpha value is -2.95. The van der Waals surface area contributed by atoms with Gasteiger partial charge in [-0.15, -0.1) is 0 Å². The van der Waals surface area contributed by atoms with E-state index in [9.17, 15) is 9.59 Å². The Morgan fingerprint density at radius 1 is 1.05 bits per heavy atom. The lowest BCUT2D eigenvalue weighted by atomic mass is 10.1. The first-order valence-corrected chi connectivity index (χ1v) is 5.95. The number of nitrogens with two attached hydrogens (primary N) is 1. The Labute approximate surface area is 113 Å². The quantitative estimate of drug-likeness (QED) is 0.768. The van der Waals surface area contributed by atoms with E-state index in [0.717, 1.165) is 0 Å². The van der Waals surface area contributed by atoms with Crippen molar-refractivity contribution in [1.82, 2.24) is 4.98 Å². The van der Waals surface area contributed by atoms with Gasteiger partial charge in [-0.3, -0.25) is 4.79 Å². The molecule has 0 bridgehead atoms. The highest BCUT2D eigenvalue weighted by molar-refractivity contribution is 5.93. The van der Waals surface area contributed by atoms with Gasteiger partial charge in [0.1, 0.15) is 0 Å². The lowest BCUT2D eigenvalue weighted by molar-refractivity contribution is 0.100. The molecule has 0 radical (unpaired) electrons. The second-order valence-corrected chi connectivity index (χ2v) is 4.27. The summed E-state index contributed by atoms with van der Waals surface area (Å²) in [6, 6.07) is 13.4. The van der Waals surface area contributed by atoms with Gasteiger partial charge < -0.3 is 10.2 Å². The molecule has 0 unspecified atom stereocenters. The number of fused-ring (bicyclic) bond motifs is 1. The fourth-order valence-electron chi connectivity index (χ4n) is 1.92. The zero-order valence-corrected chi connectivity index (χ0v) is 10.4. The van der Waals surface area contributed by atoms with Crippen molar-refractivity contribution in [2.45, 2.75) is 0 Å². The average molecular weight is 266 g/mol. The van der Waals surface area contributed by atoms with Gasteiger partial charge in [-0.25, -0.2) is 9.78 Å². The van der Waals surface area contributed by atoms with E-state index in [1.54, 1.807) is 48.5 Å². The van der Waals surface area contributed by atoms with Crippen LogP contribution in [-0.4, -0.2) is 10.9 Å². The highest BCUT2D eigenvalue weighted by atomic mass is 16.4. The topological polar surface area (TPSA) is 86.2 Å². The van der Waals surface area contributed by atoms with Gasteiger partial charge in [0.05, 0.1) is 10.9 Å². The summed E-state index contributed by atoms with van der Waals surface area (Å²) in [5, 5.41) is 0.435. The number of primary amides is 1. The fraction of sp³-hybridized carbons (Fsp3) is 0. The molecule has 3 rings (SSSR count). The number of carbonyl (C=O) groups excluding carboxylic acids is 1. The summed E-state index contributed by atoms with van der Waals surface area (Å²) in [5.41, 5.74) is 6.30. The molecule has 0 aliphatic carbocycles. The fourth-order valence-corrected chi connectivity index (χ4v) is 1.92. The third-order valence-corrected chi connectivity index (χ3v) is 2.95. The number of nitrogens with zero attached hydrogens (tertiary/aromatic N) is 1. The van der Waals surface area contributed by atoms with Crippen molar-refractivity contribution in [2.24, 2.45) is 5.73 Å². The van der Waals surface area contributed by atoms with E-state index >= 15 is 0 Å². The van der Waals surface area contributed by atoms with Crippen LogP contribution in [-0.2, 0) is 0 Å². The Morgan fingerprint density at radius 2 is 1.75 bits per heavy atom. The summed E-state index contributed by atoms with van der Waals surface area (Å²) < 4.78 is 5.19. The summed E-state index contributed by atoms with van der Waals surface area (Å²) in [4.78, 5) is 27.2. The molecule has 0 spiro atoms. The van der Waals surface area contributed by atoms with Crippen molar-refractivity contribution >= 4 is 16.8 Å². The van der Waals surface area contributed by atoms with Gasteiger partial charge in [0, 0.05) is 11.1 Å². The molecule has 0 saturated heterocycles. The number of carbonyl (C=O) groups is 1. The third-order valence-electron chi connectivity index (χ3n) is 2.95. The number of aromatic nitrogens is 1. The first-order valence-electron chi connectivity index (χ1n) is 5.95. The minimum Gasteiger partial charge on any atom is -0.403 e. The van der Waals surface area contributed by atoms with Gasteiger partial charge in [0.2, 0.25) is 11.8 Å². The molecule has 1 heterocycles. The molecule has 2 aromatic carbocycles. The van der Waals surface area contributed by atoms with Crippen LogP contribution < -0.4 is 11.4 Å². The van der Waals surface area contributed by atoms with E-state index in [1.807, 2.05) is 0 Å². The van der Waals surface area contributed by atoms with Gasteiger partial charge in [-0.2, -0.15) is 0 Å². The molecule has 20 heavy (non-hydrogen) atoms. The summed E-state index contributed by atoms with van der Waals surface area (Å²) in [6.45, 7) is 0. The van der Waals surface area contributed by atoms with Crippen molar-refractivity contribution in [2.75, 3.05) is 0 Å². The van der Waals surface area contributed by atoms with Crippen LogP contribution in [0.25, 0.3) is 22.4 Å². The minimum atomic E-state index is -0.510. The van der Waals surface area contributed by atoms with E-state index in [-0.39, 0.29) is 5.89 Å². The zero-order chi connectivity index (χ0) is 14.1. The summed E-state index contributed by atoms with van der Waals surface area (Å²) >= 11 is 0. The lowest BCUT2D eigenvalue weighted by Gasteiger charge is -2.02. The van der Waals surface area contributed by atoms with Crippen LogP contribution in [0.4, 0.5) is 0 Å². The maximum atomic E-state index is 11.9. The van der Waals surface area contributed by atoms with Gasteiger partial charge in [0.15, 0.2) is 0 Å². The molecule has 0 aliphatic heterocycles. The summed E-state index contributed by atoms with van der Waals surface area (Å²) in [5.74, 6) is -0.297. The van der Waals surface area contributed by atoms with E-state index < -0.39 is 11.5 Å². The first-order chi connectivity index (χ1) is 9.65. The zero-order valence-electron chi connectivity index (χ0n) is 10.4. The smallest absolute Gasteiger partial charge is 0.347 e. The highest BCUT2D eigenvalue weighted by Crippen LogP contribution is 2.18. The van der Waals surface area contributed by atoms with Crippen molar-refractivity contribution in [3.05, 3.63) is 64.5 Å². The molecule has 0 aliphatic rings. The van der Waals surface area contributed by atoms with Crippen LogP contribution in [0.1, 0.15) is 10.4 Å².